The monoisotopic (exact) mass is 805 g/mol. The van der Waals surface area contributed by atoms with Crippen molar-refractivity contribution in [2.24, 2.45) is 0 Å². The highest BCUT2D eigenvalue weighted by Gasteiger charge is 2.17. The first-order valence-electron chi connectivity index (χ1n) is 21.1. The third-order valence-electron chi connectivity index (χ3n) is 11.7. The number of nitrogens with one attached hydrogen (secondary N) is 1. The minimum absolute atomic E-state index is 0.459. The van der Waals surface area contributed by atoms with Crippen LogP contribution in [0.15, 0.2) is 231 Å². The Morgan fingerprint density at radius 2 is 0.873 bits per heavy atom. The van der Waals surface area contributed by atoms with Crippen LogP contribution in [0.3, 0.4) is 0 Å². The Hall–Kier alpha value is -8.54. The maximum absolute atomic E-state index is 9.09. The standard InChI is InChI=1S/C58H39N5/c59-53(41-18-6-2-7-19-41)38-52(39-16-4-1-5-17-39)48-27-15-22-40-30-31-45(37-51(40)48)44-23-14-24-46(36-44)58-61-56(42-20-8-3-9-21-42)60-57(62-58)43-32-34-47(35-33-43)63-54-28-12-10-25-49(54)50-26-11-13-29-55(50)63/h1-38,59H/b52-38-,59-53?. The largest absolute Gasteiger partial charge is 0.309 e. The molecule has 0 atom stereocenters. The van der Waals surface area contributed by atoms with E-state index in [0.717, 1.165) is 66.5 Å². The number of nitrogens with zero attached hydrogens (tertiary/aromatic N) is 4. The predicted molar refractivity (Wildman–Crippen MR) is 260 cm³/mol. The first kappa shape index (κ1) is 37.5. The SMILES string of the molecule is N=C(/C=C(/c1ccccc1)c1cccc2ccc(-c3cccc(-c4nc(-c5ccccc5)nc(-c5ccc(-n6c7ccccc7c7ccccc76)cc5)n4)c3)cc12)c1ccccc1. The van der Waals surface area contributed by atoms with Crippen LogP contribution in [0.2, 0.25) is 0 Å². The van der Waals surface area contributed by atoms with Crippen LogP contribution in [-0.2, 0) is 0 Å². The zero-order chi connectivity index (χ0) is 42.1. The molecule has 0 aliphatic heterocycles. The molecular weight excluding hydrogens is 767 g/mol. The van der Waals surface area contributed by atoms with E-state index < -0.39 is 0 Å². The van der Waals surface area contributed by atoms with Gasteiger partial charge in [-0.05, 0) is 98.8 Å². The lowest BCUT2D eigenvalue weighted by molar-refractivity contribution is 1.07. The van der Waals surface area contributed by atoms with E-state index in [4.69, 9.17) is 20.4 Å². The van der Waals surface area contributed by atoms with E-state index in [1.54, 1.807) is 0 Å². The Bertz CT molecular complexity index is 3450. The summed E-state index contributed by atoms with van der Waals surface area (Å²) in [4.78, 5) is 15.3. The van der Waals surface area contributed by atoms with Crippen LogP contribution in [0.1, 0.15) is 16.7 Å². The van der Waals surface area contributed by atoms with E-state index >= 15 is 0 Å². The molecule has 0 saturated carbocycles. The van der Waals surface area contributed by atoms with E-state index in [9.17, 15) is 0 Å². The molecule has 2 heterocycles. The highest BCUT2D eigenvalue weighted by molar-refractivity contribution is 6.14. The lowest BCUT2D eigenvalue weighted by atomic mass is 9.90. The van der Waals surface area contributed by atoms with Crippen molar-refractivity contribution >= 4 is 43.9 Å². The summed E-state index contributed by atoms with van der Waals surface area (Å²) in [5.41, 5.74) is 12.7. The van der Waals surface area contributed by atoms with Gasteiger partial charge in [0.2, 0.25) is 0 Å². The molecule has 1 N–H and O–H groups in total. The molecule has 0 amide bonds. The van der Waals surface area contributed by atoms with Gasteiger partial charge in [0, 0.05) is 33.2 Å². The topological polar surface area (TPSA) is 67.5 Å². The van der Waals surface area contributed by atoms with Crippen LogP contribution in [0, 0.1) is 5.41 Å². The summed E-state index contributed by atoms with van der Waals surface area (Å²) in [6.07, 6.45) is 1.99. The summed E-state index contributed by atoms with van der Waals surface area (Å²) in [6.45, 7) is 0. The fraction of sp³-hybridized carbons (Fsp3) is 0. The molecule has 9 aromatic carbocycles. The van der Waals surface area contributed by atoms with Crippen LogP contribution in [0.25, 0.3) is 89.1 Å². The number of aromatic nitrogens is 4. The van der Waals surface area contributed by atoms with E-state index in [-0.39, 0.29) is 0 Å². The Morgan fingerprint density at radius 1 is 0.381 bits per heavy atom. The van der Waals surface area contributed by atoms with Gasteiger partial charge in [-0.15, -0.1) is 0 Å². The molecule has 0 aliphatic carbocycles. The summed E-state index contributed by atoms with van der Waals surface area (Å²) in [5.74, 6) is 1.82. The van der Waals surface area contributed by atoms with Crippen LogP contribution < -0.4 is 0 Å². The number of allylic oxidation sites excluding steroid dienone is 1. The second-order valence-electron chi connectivity index (χ2n) is 15.6. The van der Waals surface area contributed by atoms with Crippen LogP contribution in [0.5, 0.6) is 0 Å². The molecule has 0 saturated heterocycles. The van der Waals surface area contributed by atoms with Gasteiger partial charge in [-0.1, -0.05) is 176 Å². The van der Waals surface area contributed by atoms with Crippen LogP contribution in [0.4, 0.5) is 0 Å². The summed E-state index contributed by atoms with van der Waals surface area (Å²) < 4.78 is 2.32. The van der Waals surface area contributed by atoms with Crippen molar-refractivity contribution in [3.8, 4) is 51.0 Å². The minimum atomic E-state index is 0.459. The van der Waals surface area contributed by atoms with Crippen molar-refractivity contribution in [2.45, 2.75) is 0 Å². The molecule has 5 heteroatoms. The van der Waals surface area contributed by atoms with Crippen molar-refractivity contribution in [2.75, 3.05) is 0 Å². The first-order chi connectivity index (χ1) is 31.1. The molecule has 11 rings (SSSR count). The molecule has 2 aromatic heterocycles. The zero-order valence-corrected chi connectivity index (χ0v) is 34.2. The Labute approximate surface area is 365 Å². The minimum Gasteiger partial charge on any atom is -0.309 e. The molecule has 11 aromatic rings. The normalized spacial score (nSPS) is 11.7. The van der Waals surface area contributed by atoms with Gasteiger partial charge in [-0.3, -0.25) is 0 Å². The summed E-state index contributed by atoms with van der Waals surface area (Å²) in [7, 11) is 0. The molecule has 296 valence electrons. The van der Waals surface area contributed by atoms with E-state index in [1.807, 2.05) is 72.8 Å². The highest BCUT2D eigenvalue weighted by Crippen LogP contribution is 2.36. The number of para-hydroxylation sites is 2. The molecule has 0 fully saturated rings. The first-order valence-corrected chi connectivity index (χ1v) is 21.1. The van der Waals surface area contributed by atoms with Crippen molar-refractivity contribution in [1.29, 1.82) is 5.41 Å². The number of fused-ring (bicyclic) bond motifs is 4. The molecule has 0 spiro atoms. The maximum Gasteiger partial charge on any atom is 0.164 e. The molecule has 0 radical (unpaired) electrons. The van der Waals surface area contributed by atoms with Crippen LogP contribution in [-0.4, -0.2) is 25.2 Å². The van der Waals surface area contributed by atoms with E-state index in [2.05, 4.69) is 162 Å². The van der Waals surface area contributed by atoms with Gasteiger partial charge in [0.15, 0.2) is 17.5 Å². The van der Waals surface area contributed by atoms with Gasteiger partial charge in [0.05, 0.1) is 16.7 Å². The third kappa shape index (κ3) is 7.18. The average molecular weight is 806 g/mol. The smallest absolute Gasteiger partial charge is 0.164 e. The summed E-state index contributed by atoms with van der Waals surface area (Å²) in [6, 6.07) is 77.5. The number of hydrogen-bond donors (Lipinski definition) is 1. The average Bonchev–Trinajstić information content (AvgIpc) is 3.70. The zero-order valence-electron chi connectivity index (χ0n) is 34.2. The quantitative estimate of drug-likeness (QED) is 0.148. The van der Waals surface area contributed by atoms with Gasteiger partial charge in [-0.25, -0.2) is 15.0 Å². The predicted octanol–water partition coefficient (Wildman–Crippen LogP) is 14.3. The highest BCUT2D eigenvalue weighted by atomic mass is 15.0. The molecule has 0 unspecified atom stereocenters. The lowest BCUT2D eigenvalue weighted by Gasteiger charge is -2.14. The molecule has 0 aliphatic rings. The fourth-order valence-electron chi connectivity index (χ4n) is 8.62. The number of benzene rings is 9. The third-order valence-corrected chi connectivity index (χ3v) is 11.7. The number of rotatable bonds is 9. The molecule has 5 nitrogen and oxygen atoms in total. The van der Waals surface area contributed by atoms with Gasteiger partial charge in [0.1, 0.15) is 0 Å². The van der Waals surface area contributed by atoms with Gasteiger partial charge in [0.25, 0.3) is 0 Å². The van der Waals surface area contributed by atoms with E-state index in [0.29, 0.717) is 23.2 Å². The van der Waals surface area contributed by atoms with Crippen LogP contribution >= 0.6 is 0 Å². The molecule has 0 bridgehead atoms. The van der Waals surface area contributed by atoms with Crippen molar-refractivity contribution in [3.63, 3.8) is 0 Å². The second-order valence-corrected chi connectivity index (χ2v) is 15.6. The van der Waals surface area contributed by atoms with Gasteiger partial charge >= 0.3 is 0 Å². The van der Waals surface area contributed by atoms with Gasteiger partial charge < -0.3 is 9.98 Å². The van der Waals surface area contributed by atoms with Gasteiger partial charge in [-0.2, -0.15) is 0 Å². The van der Waals surface area contributed by atoms with Crippen molar-refractivity contribution in [3.05, 3.63) is 247 Å². The lowest BCUT2D eigenvalue weighted by Crippen LogP contribution is -2.00. The Balaban J connectivity index is 0.995. The van der Waals surface area contributed by atoms with E-state index in [1.165, 1.54) is 21.8 Å². The summed E-state index contributed by atoms with van der Waals surface area (Å²) >= 11 is 0. The Kier molecular flexibility index (Phi) is 9.60. The maximum atomic E-state index is 9.09. The number of hydrogen-bond acceptors (Lipinski definition) is 4. The molecular formula is C58H39N5. The Morgan fingerprint density at radius 3 is 1.54 bits per heavy atom. The second kappa shape index (κ2) is 16.1. The molecule has 63 heavy (non-hydrogen) atoms. The summed E-state index contributed by atoms with van der Waals surface area (Å²) in [5, 5.41) is 13.8. The fourth-order valence-corrected chi connectivity index (χ4v) is 8.62. The van der Waals surface area contributed by atoms with Crippen molar-refractivity contribution in [1.82, 2.24) is 19.5 Å². The van der Waals surface area contributed by atoms with Crippen molar-refractivity contribution < 1.29 is 0 Å².